The van der Waals surface area contributed by atoms with Gasteiger partial charge in [0.2, 0.25) is 0 Å². The van der Waals surface area contributed by atoms with Gasteiger partial charge in [0.25, 0.3) is 0 Å². The number of carbonyl (C=O) groups is 1. The molecule has 0 aliphatic carbocycles. The number of hydrogen-bond acceptors (Lipinski definition) is 3. The van der Waals surface area contributed by atoms with Crippen molar-refractivity contribution in [2.45, 2.75) is 38.3 Å². The number of cyclic esters (lactones) is 1. The van der Waals surface area contributed by atoms with E-state index in [2.05, 4.69) is 18.9 Å². The number of likely N-dealkylation sites (tertiary alicyclic amines) is 1. The van der Waals surface area contributed by atoms with E-state index in [1.165, 1.54) is 0 Å². The maximum atomic E-state index is 11.6. The number of piperidine rings is 1. The average Bonchev–Trinajstić information content (AvgIpc) is 2.61. The summed E-state index contributed by atoms with van der Waals surface area (Å²) in [6, 6.07) is 0.715. The minimum atomic E-state index is -0.101. The Hall–Kier alpha value is -0.770. The highest BCUT2D eigenvalue weighted by Crippen LogP contribution is 2.24. The Morgan fingerprint density at radius 1 is 1.40 bits per heavy atom. The summed E-state index contributed by atoms with van der Waals surface area (Å²) < 4.78 is 5.12. The SMILES string of the molecule is CCC1COC(=O)N1C1CCN(C)CC1. The highest BCUT2D eigenvalue weighted by molar-refractivity contribution is 5.70. The van der Waals surface area contributed by atoms with Gasteiger partial charge in [0.1, 0.15) is 6.61 Å². The van der Waals surface area contributed by atoms with Gasteiger partial charge >= 0.3 is 6.09 Å². The fourth-order valence-electron chi connectivity index (χ4n) is 2.51. The minimum Gasteiger partial charge on any atom is -0.447 e. The quantitative estimate of drug-likeness (QED) is 0.692. The van der Waals surface area contributed by atoms with Crippen LogP contribution in [0, 0.1) is 0 Å². The third-order valence-corrected chi connectivity index (χ3v) is 3.56. The summed E-state index contributed by atoms with van der Waals surface area (Å²) in [5, 5.41) is 0. The molecule has 1 atom stereocenters. The van der Waals surface area contributed by atoms with Crippen LogP contribution in [0.2, 0.25) is 0 Å². The first-order chi connectivity index (χ1) is 7.22. The van der Waals surface area contributed by atoms with E-state index in [1.807, 2.05) is 4.90 Å². The molecule has 4 heteroatoms. The topological polar surface area (TPSA) is 32.8 Å². The average molecular weight is 212 g/mol. The molecule has 86 valence electrons. The van der Waals surface area contributed by atoms with E-state index in [4.69, 9.17) is 4.74 Å². The first-order valence-electron chi connectivity index (χ1n) is 5.86. The normalized spacial score (nSPS) is 29.6. The molecule has 15 heavy (non-hydrogen) atoms. The smallest absolute Gasteiger partial charge is 0.410 e. The Bertz CT molecular complexity index is 237. The first-order valence-corrected chi connectivity index (χ1v) is 5.86. The van der Waals surface area contributed by atoms with Crippen molar-refractivity contribution in [1.29, 1.82) is 0 Å². The molecule has 4 nitrogen and oxygen atoms in total. The van der Waals surface area contributed by atoms with Crippen LogP contribution in [0.15, 0.2) is 0 Å². The maximum Gasteiger partial charge on any atom is 0.410 e. The Kier molecular flexibility index (Phi) is 3.14. The predicted octanol–water partition coefficient (Wildman–Crippen LogP) is 1.31. The van der Waals surface area contributed by atoms with E-state index in [0.29, 0.717) is 18.7 Å². The lowest BCUT2D eigenvalue weighted by atomic mass is 10.0. The highest BCUT2D eigenvalue weighted by atomic mass is 16.6. The highest BCUT2D eigenvalue weighted by Gasteiger charge is 2.37. The van der Waals surface area contributed by atoms with Crippen molar-refractivity contribution >= 4 is 6.09 Å². The summed E-state index contributed by atoms with van der Waals surface area (Å²) in [5.41, 5.74) is 0. The van der Waals surface area contributed by atoms with Crippen molar-refractivity contribution in [3.8, 4) is 0 Å². The summed E-state index contributed by atoms with van der Waals surface area (Å²) in [4.78, 5) is 15.9. The molecule has 0 aromatic heterocycles. The molecule has 2 aliphatic heterocycles. The number of amides is 1. The third-order valence-electron chi connectivity index (χ3n) is 3.56. The molecule has 2 fully saturated rings. The number of nitrogens with zero attached hydrogens (tertiary/aromatic N) is 2. The minimum absolute atomic E-state index is 0.101. The van der Waals surface area contributed by atoms with Crippen LogP contribution in [0.1, 0.15) is 26.2 Å². The molecule has 0 N–H and O–H groups in total. The standard InChI is InChI=1S/C11H20N2O2/c1-3-9-8-15-11(14)13(9)10-4-6-12(2)7-5-10/h9-10H,3-8H2,1-2H3. The molecule has 0 aromatic carbocycles. The molecule has 0 radical (unpaired) electrons. The largest absolute Gasteiger partial charge is 0.447 e. The van der Waals surface area contributed by atoms with E-state index in [9.17, 15) is 4.79 Å². The lowest BCUT2D eigenvalue weighted by Crippen LogP contribution is -2.47. The molecule has 1 amide bonds. The number of ether oxygens (including phenoxy) is 1. The van der Waals surface area contributed by atoms with E-state index >= 15 is 0 Å². The Labute approximate surface area is 91.2 Å². The van der Waals surface area contributed by atoms with Crippen molar-refractivity contribution in [2.75, 3.05) is 26.7 Å². The summed E-state index contributed by atoms with van der Waals surface area (Å²) in [6.45, 7) is 4.88. The molecule has 0 bridgehead atoms. The molecule has 1 unspecified atom stereocenters. The second kappa shape index (κ2) is 4.39. The first kappa shape index (κ1) is 10.7. The van der Waals surface area contributed by atoms with E-state index in [1.54, 1.807) is 0 Å². The lowest BCUT2D eigenvalue weighted by molar-refractivity contribution is 0.114. The molecule has 2 heterocycles. The molecule has 2 rings (SSSR count). The molecular weight excluding hydrogens is 192 g/mol. The lowest BCUT2D eigenvalue weighted by Gasteiger charge is -2.36. The van der Waals surface area contributed by atoms with Gasteiger partial charge in [-0.3, -0.25) is 4.90 Å². The zero-order valence-electron chi connectivity index (χ0n) is 9.61. The fourth-order valence-corrected chi connectivity index (χ4v) is 2.51. The number of carbonyl (C=O) groups excluding carboxylic acids is 1. The van der Waals surface area contributed by atoms with Gasteiger partial charge in [0.05, 0.1) is 6.04 Å². The molecule has 0 spiro atoms. The van der Waals surface area contributed by atoms with Crippen LogP contribution in [0.3, 0.4) is 0 Å². The second-order valence-electron chi connectivity index (χ2n) is 4.58. The predicted molar refractivity (Wildman–Crippen MR) is 57.8 cm³/mol. The second-order valence-corrected chi connectivity index (χ2v) is 4.58. The monoisotopic (exact) mass is 212 g/mol. The number of hydrogen-bond donors (Lipinski definition) is 0. The molecule has 2 aliphatic rings. The summed E-state index contributed by atoms with van der Waals surface area (Å²) >= 11 is 0. The van der Waals surface area contributed by atoms with Crippen molar-refractivity contribution in [3.05, 3.63) is 0 Å². The van der Waals surface area contributed by atoms with Crippen LogP contribution in [-0.4, -0.2) is 54.7 Å². The van der Waals surface area contributed by atoms with Gasteiger partial charge in [-0.25, -0.2) is 4.79 Å². The van der Waals surface area contributed by atoms with Crippen LogP contribution in [-0.2, 0) is 4.74 Å². The zero-order valence-corrected chi connectivity index (χ0v) is 9.61. The van der Waals surface area contributed by atoms with Crippen LogP contribution in [0.25, 0.3) is 0 Å². The van der Waals surface area contributed by atoms with Crippen LogP contribution in [0.5, 0.6) is 0 Å². The van der Waals surface area contributed by atoms with Crippen LogP contribution < -0.4 is 0 Å². The zero-order chi connectivity index (χ0) is 10.8. The number of rotatable bonds is 2. The molecular formula is C11H20N2O2. The molecule has 2 saturated heterocycles. The Balaban J connectivity index is 1.99. The van der Waals surface area contributed by atoms with Gasteiger partial charge in [0.15, 0.2) is 0 Å². The third kappa shape index (κ3) is 2.09. The van der Waals surface area contributed by atoms with Gasteiger partial charge in [0, 0.05) is 6.04 Å². The van der Waals surface area contributed by atoms with Gasteiger partial charge in [-0.05, 0) is 39.4 Å². The summed E-state index contributed by atoms with van der Waals surface area (Å²) in [5.74, 6) is 0. The van der Waals surface area contributed by atoms with Gasteiger partial charge in [-0.15, -0.1) is 0 Å². The Morgan fingerprint density at radius 2 is 2.07 bits per heavy atom. The van der Waals surface area contributed by atoms with Crippen LogP contribution >= 0.6 is 0 Å². The van der Waals surface area contributed by atoms with Crippen LogP contribution in [0.4, 0.5) is 4.79 Å². The maximum absolute atomic E-state index is 11.6. The molecule has 0 aromatic rings. The Morgan fingerprint density at radius 3 is 2.67 bits per heavy atom. The fraction of sp³-hybridized carbons (Fsp3) is 0.909. The molecule has 0 saturated carbocycles. The van der Waals surface area contributed by atoms with Crippen molar-refractivity contribution in [3.63, 3.8) is 0 Å². The van der Waals surface area contributed by atoms with Gasteiger partial charge < -0.3 is 9.64 Å². The van der Waals surface area contributed by atoms with E-state index in [-0.39, 0.29) is 6.09 Å². The van der Waals surface area contributed by atoms with Crippen molar-refractivity contribution in [2.24, 2.45) is 0 Å². The van der Waals surface area contributed by atoms with E-state index < -0.39 is 0 Å². The van der Waals surface area contributed by atoms with Crippen molar-refractivity contribution in [1.82, 2.24) is 9.80 Å². The summed E-state index contributed by atoms with van der Waals surface area (Å²) in [6.07, 6.45) is 3.07. The van der Waals surface area contributed by atoms with E-state index in [0.717, 1.165) is 32.4 Å². The van der Waals surface area contributed by atoms with Gasteiger partial charge in [-0.1, -0.05) is 6.92 Å². The van der Waals surface area contributed by atoms with Crippen molar-refractivity contribution < 1.29 is 9.53 Å². The summed E-state index contributed by atoms with van der Waals surface area (Å²) in [7, 11) is 2.13. The van der Waals surface area contributed by atoms with Gasteiger partial charge in [-0.2, -0.15) is 0 Å².